The van der Waals surface area contributed by atoms with Crippen LogP contribution in [-0.2, 0) is 11.4 Å². The fourth-order valence-corrected chi connectivity index (χ4v) is 2.43. The lowest BCUT2D eigenvalue weighted by Crippen LogP contribution is -2.00. The number of hydrogen-bond donors (Lipinski definition) is 1. The average Bonchev–Trinajstić information content (AvgIpc) is 2.45. The third kappa shape index (κ3) is 2.70. The Balaban J connectivity index is 2.54. The molecule has 1 N–H and O–H groups in total. The molecule has 0 spiro atoms. The first kappa shape index (κ1) is 14.2. The second-order valence-electron chi connectivity index (χ2n) is 4.75. The van der Waals surface area contributed by atoms with Crippen LogP contribution in [0.15, 0.2) is 36.4 Å². The highest BCUT2D eigenvalue weighted by Crippen LogP contribution is 2.31. The third-order valence-electron chi connectivity index (χ3n) is 3.29. The number of rotatable bonds is 4. The summed E-state index contributed by atoms with van der Waals surface area (Å²) in [6.07, 6.45) is 0. The van der Waals surface area contributed by atoms with Crippen LogP contribution in [0.3, 0.4) is 0 Å². The predicted octanol–water partition coefficient (Wildman–Crippen LogP) is 3.43. The Hall–Kier alpha value is -2.20. The minimum Gasteiger partial charge on any atom is -0.392 e. The molecule has 0 aromatic heterocycles. The van der Waals surface area contributed by atoms with E-state index in [9.17, 15) is 10.0 Å². The summed E-state index contributed by atoms with van der Waals surface area (Å²) in [6.45, 7) is 3.93. The van der Waals surface area contributed by atoms with Crippen LogP contribution in [0, 0.1) is 18.8 Å². The van der Waals surface area contributed by atoms with Crippen LogP contribution in [0.25, 0.3) is 11.1 Å². The Kier molecular flexibility index (Phi) is 4.15. The Morgan fingerprint density at radius 2 is 1.80 bits per heavy atom. The van der Waals surface area contributed by atoms with Crippen molar-refractivity contribution >= 4 is 5.69 Å². The molecule has 0 saturated carbocycles. The van der Waals surface area contributed by atoms with Crippen LogP contribution in [0.1, 0.15) is 16.7 Å². The largest absolute Gasteiger partial charge is 0.392 e. The lowest BCUT2D eigenvalue weighted by atomic mass is 9.94. The molecule has 0 unspecified atom stereocenters. The number of aryl methyl sites for hydroxylation is 2. The van der Waals surface area contributed by atoms with Crippen molar-refractivity contribution in [2.24, 2.45) is 0 Å². The summed E-state index contributed by atoms with van der Waals surface area (Å²) in [4.78, 5) is 16.7. The lowest BCUT2D eigenvalue weighted by Gasteiger charge is -2.10. The molecule has 104 valence electrons. The Morgan fingerprint density at radius 1 is 1.15 bits per heavy atom. The molecule has 4 heteroatoms. The molecule has 0 heterocycles. The molecule has 0 aliphatic heterocycles. The fraction of sp³-hybridized carbons (Fsp3) is 0.250. The maximum Gasteiger partial charge on any atom is 0.317 e. The molecular weight excluding hydrogens is 254 g/mol. The van der Waals surface area contributed by atoms with Gasteiger partial charge in [0.05, 0.1) is 11.5 Å². The smallest absolute Gasteiger partial charge is 0.317 e. The monoisotopic (exact) mass is 272 g/mol. The van der Waals surface area contributed by atoms with E-state index in [0.29, 0.717) is 10.6 Å². The molecule has 20 heavy (non-hydrogen) atoms. The summed E-state index contributed by atoms with van der Waals surface area (Å²) in [6, 6.07) is 11.4. The van der Waals surface area contributed by atoms with Gasteiger partial charge in [0.1, 0.15) is 0 Å². The van der Waals surface area contributed by atoms with Gasteiger partial charge in [0.15, 0.2) is 7.11 Å². The molecule has 0 atom stereocenters. The molecule has 4 nitrogen and oxygen atoms in total. The third-order valence-corrected chi connectivity index (χ3v) is 3.29. The molecule has 0 aliphatic rings. The van der Waals surface area contributed by atoms with Crippen LogP contribution in [0.4, 0.5) is 5.69 Å². The molecule has 0 bridgehead atoms. The first-order valence-electron chi connectivity index (χ1n) is 6.39. The lowest BCUT2D eigenvalue weighted by molar-refractivity contribution is -0.736. The van der Waals surface area contributed by atoms with Gasteiger partial charge < -0.3 is 5.11 Å². The Bertz CT molecular complexity index is 627. The van der Waals surface area contributed by atoms with Crippen LogP contribution >= 0.6 is 0 Å². The van der Waals surface area contributed by atoms with Gasteiger partial charge in [-0.25, -0.2) is 4.84 Å². The highest BCUT2D eigenvalue weighted by Gasteiger charge is 2.18. The van der Waals surface area contributed by atoms with Crippen LogP contribution in [0.2, 0.25) is 0 Å². The van der Waals surface area contributed by atoms with Gasteiger partial charge in [0.2, 0.25) is 0 Å². The zero-order valence-electron chi connectivity index (χ0n) is 11.9. The quantitative estimate of drug-likeness (QED) is 0.867. The van der Waals surface area contributed by atoms with E-state index in [4.69, 9.17) is 0 Å². The molecule has 0 amide bonds. The molecule has 2 rings (SSSR count). The normalized spacial score (nSPS) is 10.4. The van der Waals surface area contributed by atoms with E-state index in [2.05, 4.69) is 4.84 Å². The van der Waals surface area contributed by atoms with E-state index in [1.54, 1.807) is 12.1 Å². The Labute approximate surface area is 118 Å². The highest BCUT2D eigenvalue weighted by molar-refractivity contribution is 5.73. The van der Waals surface area contributed by atoms with Crippen molar-refractivity contribution < 1.29 is 14.9 Å². The summed E-state index contributed by atoms with van der Waals surface area (Å²) in [5.41, 5.74) is 5.44. The minimum absolute atomic E-state index is 0.0159. The van der Waals surface area contributed by atoms with Crippen molar-refractivity contribution in [3.05, 3.63) is 58.0 Å². The molecule has 0 fully saturated rings. The topological polar surface area (TPSA) is 49.5 Å². The summed E-state index contributed by atoms with van der Waals surface area (Å²) in [7, 11) is 1.34. The molecular formula is C16H18NO3+. The van der Waals surface area contributed by atoms with E-state index in [0.717, 1.165) is 27.8 Å². The van der Waals surface area contributed by atoms with Gasteiger partial charge in [0.25, 0.3) is 4.92 Å². The minimum atomic E-state index is 0.0159. The van der Waals surface area contributed by atoms with Crippen molar-refractivity contribution in [1.29, 1.82) is 0 Å². The highest BCUT2D eigenvalue weighted by atomic mass is 16.8. The van der Waals surface area contributed by atoms with Gasteiger partial charge in [-0.3, -0.25) is 0 Å². The van der Waals surface area contributed by atoms with E-state index >= 15 is 0 Å². The summed E-state index contributed by atoms with van der Waals surface area (Å²) >= 11 is 0. The fourth-order valence-electron chi connectivity index (χ4n) is 2.43. The van der Waals surface area contributed by atoms with Crippen molar-refractivity contribution in [3.63, 3.8) is 0 Å². The van der Waals surface area contributed by atoms with Gasteiger partial charge in [-0.05, 0) is 47.7 Å². The zero-order chi connectivity index (χ0) is 14.7. The average molecular weight is 272 g/mol. The van der Waals surface area contributed by atoms with E-state index in [-0.39, 0.29) is 6.61 Å². The van der Waals surface area contributed by atoms with Gasteiger partial charge >= 0.3 is 5.69 Å². The van der Waals surface area contributed by atoms with Crippen molar-refractivity contribution in [3.8, 4) is 11.1 Å². The summed E-state index contributed by atoms with van der Waals surface area (Å²) in [5.74, 6) is 0. The van der Waals surface area contributed by atoms with Gasteiger partial charge in [-0.1, -0.05) is 18.2 Å². The molecule has 0 saturated heterocycles. The zero-order valence-corrected chi connectivity index (χ0v) is 11.9. The predicted molar refractivity (Wildman–Crippen MR) is 77.6 cm³/mol. The van der Waals surface area contributed by atoms with E-state index in [1.807, 2.05) is 38.1 Å². The van der Waals surface area contributed by atoms with Crippen molar-refractivity contribution in [2.45, 2.75) is 20.5 Å². The van der Waals surface area contributed by atoms with E-state index < -0.39 is 0 Å². The SMILES string of the molecule is CO[N+](=O)c1cc(C)c(-c2cccc(CO)c2)c(C)c1. The molecule has 2 aromatic rings. The van der Waals surface area contributed by atoms with Gasteiger partial charge in [-0.15, -0.1) is 0 Å². The number of aliphatic hydroxyl groups excluding tert-OH is 1. The van der Waals surface area contributed by atoms with Crippen LogP contribution in [0.5, 0.6) is 0 Å². The standard InChI is InChI=1S/C16H18NO3/c1-11-7-15(17(19)20-3)8-12(2)16(11)14-6-4-5-13(9-14)10-18/h4-9,18H,10H2,1-3H3/q+1. The number of aliphatic hydroxyl groups is 1. The molecule has 0 radical (unpaired) electrons. The number of benzene rings is 2. The Morgan fingerprint density at radius 3 is 2.35 bits per heavy atom. The number of hydrogen-bond acceptors (Lipinski definition) is 3. The maximum atomic E-state index is 11.5. The summed E-state index contributed by atoms with van der Waals surface area (Å²) in [5, 5.41) is 9.23. The second kappa shape index (κ2) is 5.84. The van der Waals surface area contributed by atoms with Gasteiger partial charge in [0, 0.05) is 12.1 Å². The second-order valence-corrected chi connectivity index (χ2v) is 4.75. The van der Waals surface area contributed by atoms with Crippen LogP contribution < -0.4 is 0 Å². The summed E-state index contributed by atoms with van der Waals surface area (Å²) < 4.78 is 0. The maximum absolute atomic E-state index is 11.5. The van der Waals surface area contributed by atoms with E-state index in [1.165, 1.54) is 7.11 Å². The van der Waals surface area contributed by atoms with Crippen molar-refractivity contribution in [2.75, 3.05) is 7.11 Å². The first-order valence-corrected chi connectivity index (χ1v) is 6.39. The molecule has 0 aliphatic carbocycles. The van der Waals surface area contributed by atoms with Crippen molar-refractivity contribution in [1.82, 2.24) is 0 Å². The van der Waals surface area contributed by atoms with Crippen LogP contribution in [-0.4, -0.2) is 17.1 Å². The first-order chi connectivity index (χ1) is 9.56. The molecule has 2 aromatic carbocycles. The number of nitrogens with zero attached hydrogens (tertiary/aromatic N) is 1. The van der Waals surface area contributed by atoms with Gasteiger partial charge in [-0.2, -0.15) is 0 Å².